The second kappa shape index (κ2) is 23.8. The molecule has 0 aromatic heterocycles. The van der Waals surface area contributed by atoms with Crippen molar-refractivity contribution in [1.29, 1.82) is 0 Å². The molecule has 0 aliphatic carbocycles. The molecule has 6 unspecified atom stereocenters. The van der Waals surface area contributed by atoms with Crippen molar-refractivity contribution in [2.24, 2.45) is 17.8 Å². The number of hydrogen-bond donors (Lipinski definition) is 12. The molecule has 0 bridgehead atoms. The predicted molar refractivity (Wildman–Crippen MR) is 191 cm³/mol. The third-order valence-electron chi connectivity index (χ3n) is 11.0. The van der Waals surface area contributed by atoms with Crippen LogP contribution in [0.25, 0.3) is 0 Å². The molecule has 20 atom stereocenters. The largest absolute Gasteiger partial charge is 1.00 e. The van der Waals surface area contributed by atoms with E-state index in [0.29, 0.717) is 0 Å². The van der Waals surface area contributed by atoms with E-state index in [0.717, 1.165) is 6.92 Å². The van der Waals surface area contributed by atoms with E-state index in [9.17, 15) is 65.8 Å². The number of carboxylic acids is 1. The number of hydrogen-bond acceptors (Lipinski definition) is 21. The molecule has 0 spiro atoms. The van der Waals surface area contributed by atoms with Crippen LogP contribution in [0.5, 0.6) is 0 Å². The Morgan fingerprint density at radius 3 is 1.88 bits per heavy atom. The summed E-state index contributed by atoms with van der Waals surface area (Å²) >= 11 is 0. The molecule has 4 fully saturated rings. The molecule has 0 aromatic carbocycles. The Morgan fingerprint density at radius 2 is 1.39 bits per heavy atom. The van der Waals surface area contributed by atoms with Crippen LogP contribution in [0.2, 0.25) is 0 Å². The number of aliphatic carboxylic acids is 1. The zero-order chi connectivity index (χ0) is 44.0. The predicted octanol–water partition coefficient (Wildman–Crippen LogP) is -9.79. The summed E-state index contributed by atoms with van der Waals surface area (Å²) in [4.78, 5) is 24.4. The molecule has 0 radical (unpaired) electrons. The van der Waals surface area contributed by atoms with Gasteiger partial charge in [-0.05, 0) is 11.8 Å². The monoisotopic (exact) mass is 869 g/mol. The van der Waals surface area contributed by atoms with Crippen LogP contribution in [-0.2, 0) is 42.7 Å². The van der Waals surface area contributed by atoms with Gasteiger partial charge in [0.25, 0.3) is 0 Å². The van der Waals surface area contributed by atoms with Gasteiger partial charge >= 0.3 is 29.6 Å². The number of carboxylic acid groups (broad SMARTS) is 1. The van der Waals surface area contributed by atoms with Crippen LogP contribution in [0.3, 0.4) is 0 Å². The molecule has 1 amide bonds. The van der Waals surface area contributed by atoms with Crippen molar-refractivity contribution in [2.75, 3.05) is 33.5 Å². The topological polar surface area (TPSA) is 356 Å². The molecule has 12 N–H and O–H groups in total. The normalized spacial score (nSPS) is 42.5. The van der Waals surface area contributed by atoms with E-state index in [1.807, 2.05) is 13.8 Å². The maximum Gasteiger partial charge on any atom is 1.00 e. The average molecular weight is 870 g/mol. The summed E-state index contributed by atoms with van der Waals surface area (Å²) in [7, 11) is 1.42. The van der Waals surface area contributed by atoms with Crippen LogP contribution in [0.15, 0.2) is 0 Å². The van der Waals surface area contributed by atoms with Gasteiger partial charge in [-0.15, -0.1) is 0 Å². The first kappa shape index (κ1) is 54.4. The fraction of sp³-hybridized carbons (Fsp3) is 0.944. The summed E-state index contributed by atoms with van der Waals surface area (Å²) in [6.45, 7) is 7.53. The van der Waals surface area contributed by atoms with Crippen LogP contribution >= 0.6 is 0 Å². The van der Waals surface area contributed by atoms with Crippen LogP contribution in [-0.4, -0.2) is 217 Å². The standard InChI is InChI=1S/C26H45NO16.C10H20O5.Na/c1-9(2)21-20(36)23(43-26(25(37)38)5-12(31)10(3)22(42-26)17(33)13(32)6-28)15(8-39-21)41-24-16(27-11(4)30)19(35)18(34)14(7-29)40-24;1-5(2)9-8(13)10(14-3)7(12)6(4-11)15-9;/h9-10,12-24,28-29,31-36H,5-8H2,1-4H3,(H,27,30)(H,37,38);5-13H,4H2,1-3H3;/q;;+1/p-1/t10-,12?,13-,14?,15+,16?,17-,18+,19-,20?,21+,22-,23+,24+,26+;6?,7-,8?,9-,10-;/m10./s1. The van der Waals surface area contributed by atoms with Crippen molar-refractivity contribution in [2.45, 2.75) is 164 Å². The summed E-state index contributed by atoms with van der Waals surface area (Å²) in [5, 5.41) is 126. The number of nitrogens with one attached hydrogen (secondary N) is 1. The summed E-state index contributed by atoms with van der Waals surface area (Å²) < 4.78 is 39.4. The smallest absolute Gasteiger partial charge is 0.544 e. The van der Waals surface area contributed by atoms with Gasteiger partial charge in [0.15, 0.2) is 6.29 Å². The number of amides is 1. The van der Waals surface area contributed by atoms with Crippen LogP contribution in [0.1, 0.15) is 48.0 Å². The molecule has 0 saturated carbocycles. The zero-order valence-electron chi connectivity index (χ0n) is 34.7. The minimum Gasteiger partial charge on any atom is -0.544 e. The molecule has 0 aromatic rings. The summed E-state index contributed by atoms with van der Waals surface area (Å²) in [6.07, 6.45) is -22.9. The number of carbonyl (C=O) groups excluding carboxylic acids is 2. The minimum absolute atomic E-state index is 0. The third kappa shape index (κ3) is 12.7. The summed E-state index contributed by atoms with van der Waals surface area (Å²) in [5.41, 5.74) is 0. The summed E-state index contributed by atoms with van der Waals surface area (Å²) in [5.74, 6) is -6.61. The first-order chi connectivity index (χ1) is 27.1. The third-order valence-corrected chi connectivity index (χ3v) is 11.0. The van der Waals surface area contributed by atoms with Gasteiger partial charge in [0, 0.05) is 26.4 Å². The number of rotatable bonds is 14. The quantitative estimate of drug-likeness (QED) is 0.0721. The van der Waals surface area contributed by atoms with Crippen LogP contribution in [0, 0.1) is 17.8 Å². The van der Waals surface area contributed by atoms with Gasteiger partial charge in [-0.25, -0.2) is 0 Å². The maximum absolute atomic E-state index is 12.6. The molecule has 59 heavy (non-hydrogen) atoms. The molecule has 23 heteroatoms. The van der Waals surface area contributed by atoms with E-state index in [1.165, 1.54) is 14.0 Å². The van der Waals surface area contributed by atoms with Gasteiger partial charge < -0.3 is 105 Å². The first-order valence-corrected chi connectivity index (χ1v) is 19.3. The van der Waals surface area contributed by atoms with Crippen molar-refractivity contribution >= 4 is 11.9 Å². The fourth-order valence-electron chi connectivity index (χ4n) is 7.60. The van der Waals surface area contributed by atoms with E-state index < -0.39 is 153 Å². The fourth-order valence-corrected chi connectivity index (χ4v) is 7.60. The van der Waals surface area contributed by atoms with Gasteiger partial charge in [0.05, 0.1) is 50.8 Å². The van der Waals surface area contributed by atoms with Gasteiger partial charge in [0.2, 0.25) is 11.7 Å². The Balaban J connectivity index is 0.000000631. The van der Waals surface area contributed by atoms with E-state index in [4.69, 9.17) is 38.3 Å². The molecule has 4 aliphatic heterocycles. The first-order valence-electron chi connectivity index (χ1n) is 19.3. The van der Waals surface area contributed by atoms with Gasteiger partial charge in [-0.2, -0.15) is 0 Å². The van der Waals surface area contributed by atoms with E-state index in [1.54, 1.807) is 13.8 Å². The number of aliphatic hydroxyl groups is 11. The Kier molecular flexibility index (Phi) is 21.9. The molecule has 4 saturated heterocycles. The Labute approximate surface area is 364 Å². The van der Waals surface area contributed by atoms with Crippen molar-refractivity contribution < 1.29 is 134 Å². The van der Waals surface area contributed by atoms with Gasteiger partial charge in [-0.1, -0.05) is 34.6 Å². The second-order valence-corrected chi connectivity index (χ2v) is 16.0. The van der Waals surface area contributed by atoms with E-state index in [-0.39, 0.29) is 54.6 Å². The number of ether oxygens (including phenoxy) is 7. The van der Waals surface area contributed by atoms with Crippen molar-refractivity contribution in [3.63, 3.8) is 0 Å². The Bertz CT molecular complexity index is 1290. The Morgan fingerprint density at radius 1 is 0.831 bits per heavy atom. The number of aliphatic hydroxyl groups excluding tert-OH is 11. The number of carbonyl (C=O) groups is 2. The van der Waals surface area contributed by atoms with Gasteiger partial charge in [0.1, 0.15) is 85.3 Å². The van der Waals surface area contributed by atoms with E-state index >= 15 is 0 Å². The summed E-state index contributed by atoms with van der Waals surface area (Å²) in [6, 6.07) is -1.39. The van der Waals surface area contributed by atoms with Crippen LogP contribution < -0.4 is 40.0 Å². The average Bonchev–Trinajstić information content (AvgIpc) is 3.16. The SMILES string of the molecule is CC(=O)NC1[C@H](O[C@H]2CO[C@@H](C(C)C)C(O)[C@H]2O[C@]2(C(=O)[O-])CC(O)[C@@H](C)[C@H]([C@H](O)[C@H](O)CO)O2)OC(CO)[C@H](O)[C@@H]1O.CO[C@@H]1C(O)[C@H](C(C)C)OC(CO)[C@@H]1O.[Na+]. The molecule has 4 aliphatic rings. The molecular formula is C36H64NNaO21. The maximum atomic E-state index is 12.6. The van der Waals surface area contributed by atoms with E-state index in [2.05, 4.69) is 5.32 Å². The number of methoxy groups -OCH3 is 1. The van der Waals surface area contributed by atoms with Crippen molar-refractivity contribution in [3.8, 4) is 0 Å². The molecular weight excluding hydrogens is 805 g/mol. The minimum atomic E-state index is -2.81. The van der Waals surface area contributed by atoms with Crippen molar-refractivity contribution in [3.05, 3.63) is 0 Å². The molecule has 4 rings (SSSR count). The molecule has 22 nitrogen and oxygen atoms in total. The zero-order valence-corrected chi connectivity index (χ0v) is 36.7. The van der Waals surface area contributed by atoms with Gasteiger partial charge in [-0.3, -0.25) is 4.79 Å². The van der Waals surface area contributed by atoms with Crippen molar-refractivity contribution in [1.82, 2.24) is 5.32 Å². The molecule has 340 valence electrons. The molecule has 4 heterocycles. The Hall–Kier alpha value is -0.780. The van der Waals surface area contributed by atoms with Crippen LogP contribution in [0.4, 0.5) is 0 Å². The second-order valence-electron chi connectivity index (χ2n) is 16.0.